The van der Waals surface area contributed by atoms with E-state index in [1.54, 1.807) is 17.0 Å². The Bertz CT molecular complexity index is 822. The first-order chi connectivity index (χ1) is 12.7. The fourth-order valence-corrected chi connectivity index (χ4v) is 2.87. The van der Waals surface area contributed by atoms with Gasteiger partial charge < -0.3 is 15.5 Å². The summed E-state index contributed by atoms with van der Waals surface area (Å²) in [6, 6.07) is 16.8. The highest BCUT2D eigenvalue weighted by atomic mass is 16.2. The Morgan fingerprint density at radius 3 is 2.38 bits per heavy atom. The Balaban J connectivity index is 1.49. The van der Waals surface area contributed by atoms with Crippen LogP contribution in [0, 0.1) is 11.3 Å². The van der Waals surface area contributed by atoms with E-state index in [0.29, 0.717) is 18.5 Å². The third-order valence-electron chi connectivity index (χ3n) is 4.23. The average Bonchev–Trinajstić information content (AvgIpc) is 3.08. The fraction of sp³-hybridized carbons (Fsp3) is 0.250. The lowest BCUT2D eigenvalue weighted by molar-refractivity contribution is -0.117. The van der Waals surface area contributed by atoms with Crippen LogP contribution in [0.3, 0.4) is 0 Å². The van der Waals surface area contributed by atoms with Gasteiger partial charge in [-0.3, -0.25) is 9.59 Å². The third-order valence-corrected chi connectivity index (χ3v) is 4.23. The Labute approximate surface area is 152 Å². The summed E-state index contributed by atoms with van der Waals surface area (Å²) in [7, 11) is 0. The van der Waals surface area contributed by atoms with Gasteiger partial charge in [0.05, 0.1) is 19.0 Å². The molecule has 0 unspecified atom stereocenters. The van der Waals surface area contributed by atoms with E-state index in [0.717, 1.165) is 29.9 Å². The normalized spacial score (nSPS) is 13.3. The highest BCUT2D eigenvalue weighted by Crippen LogP contribution is 2.22. The quantitative estimate of drug-likeness (QED) is 0.840. The van der Waals surface area contributed by atoms with Crippen LogP contribution in [0.15, 0.2) is 48.5 Å². The number of nitrogens with zero attached hydrogens (tertiary/aromatic N) is 2. The van der Waals surface area contributed by atoms with Gasteiger partial charge in [-0.1, -0.05) is 12.1 Å². The van der Waals surface area contributed by atoms with Crippen molar-refractivity contribution < 1.29 is 9.59 Å². The van der Waals surface area contributed by atoms with E-state index >= 15 is 0 Å². The molecule has 0 atom stereocenters. The molecule has 0 radical (unpaired) electrons. The molecule has 1 aliphatic heterocycles. The Morgan fingerprint density at radius 1 is 1.08 bits per heavy atom. The average molecular weight is 348 g/mol. The largest absolute Gasteiger partial charge is 0.376 e. The van der Waals surface area contributed by atoms with Crippen LogP contribution in [-0.4, -0.2) is 24.9 Å². The molecule has 2 aromatic rings. The molecule has 1 aliphatic rings. The zero-order valence-corrected chi connectivity index (χ0v) is 14.4. The van der Waals surface area contributed by atoms with Crippen LogP contribution >= 0.6 is 0 Å². The monoisotopic (exact) mass is 348 g/mol. The molecule has 1 fully saturated rings. The molecule has 6 nitrogen and oxygen atoms in total. The molecular weight excluding hydrogens is 328 g/mol. The molecule has 0 bridgehead atoms. The zero-order valence-electron chi connectivity index (χ0n) is 14.4. The lowest BCUT2D eigenvalue weighted by Crippen LogP contribution is -2.24. The standard InChI is InChI=1S/C20H20N4O2/c21-12-11-15-3-5-17(6-4-15)23-19(25)14-22-16-7-9-18(10-8-16)24-13-1-2-20(24)26/h3-10,22H,1-2,11,13-14H2,(H,23,25). The van der Waals surface area contributed by atoms with Gasteiger partial charge >= 0.3 is 0 Å². The van der Waals surface area contributed by atoms with Crippen molar-refractivity contribution in [3.63, 3.8) is 0 Å². The summed E-state index contributed by atoms with van der Waals surface area (Å²) in [5.41, 5.74) is 3.32. The van der Waals surface area contributed by atoms with Crippen molar-refractivity contribution in [1.29, 1.82) is 5.26 Å². The SMILES string of the molecule is N#CCc1ccc(NC(=O)CNc2ccc(N3CCCC3=O)cc2)cc1. The Morgan fingerprint density at radius 2 is 1.77 bits per heavy atom. The fourth-order valence-electron chi connectivity index (χ4n) is 2.87. The minimum atomic E-state index is -0.156. The summed E-state index contributed by atoms with van der Waals surface area (Å²) in [5.74, 6) is 0.00251. The number of nitrogens with one attached hydrogen (secondary N) is 2. The molecule has 0 aromatic heterocycles. The molecule has 0 spiro atoms. The topological polar surface area (TPSA) is 85.2 Å². The molecule has 0 saturated carbocycles. The number of anilines is 3. The van der Waals surface area contributed by atoms with Crippen molar-refractivity contribution in [3.05, 3.63) is 54.1 Å². The molecule has 3 rings (SSSR count). The van der Waals surface area contributed by atoms with Gasteiger partial charge in [-0.2, -0.15) is 5.26 Å². The predicted octanol–water partition coefficient (Wildman–Crippen LogP) is 2.93. The minimum absolute atomic E-state index is 0.141. The van der Waals surface area contributed by atoms with E-state index in [1.165, 1.54) is 0 Å². The van der Waals surface area contributed by atoms with Gasteiger partial charge in [0.25, 0.3) is 0 Å². The van der Waals surface area contributed by atoms with E-state index in [1.807, 2.05) is 36.4 Å². The number of hydrogen-bond donors (Lipinski definition) is 2. The first-order valence-corrected chi connectivity index (χ1v) is 8.56. The van der Waals surface area contributed by atoms with Gasteiger partial charge in [-0.15, -0.1) is 0 Å². The van der Waals surface area contributed by atoms with Crippen molar-refractivity contribution in [2.24, 2.45) is 0 Å². The third kappa shape index (κ3) is 4.39. The van der Waals surface area contributed by atoms with E-state index in [9.17, 15) is 9.59 Å². The second-order valence-electron chi connectivity index (χ2n) is 6.13. The number of carbonyl (C=O) groups excluding carboxylic acids is 2. The molecule has 132 valence electrons. The number of benzene rings is 2. The summed E-state index contributed by atoms with van der Waals surface area (Å²) >= 11 is 0. The van der Waals surface area contributed by atoms with Crippen molar-refractivity contribution in [1.82, 2.24) is 0 Å². The summed E-state index contributed by atoms with van der Waals surface area (Å²) in [5, 5.41) is 14.5. The number of nitriles is 1. The van der Waals surface area contributed by atoms with Crippen LogP contribution in [-0.2, 0) is 16.0 Å². The Hall–Kier alpha value is -3.33. The van der Waals surface area contributed by atoms with Crippen LogP contribution in [0.4, 0.5) is 17.1 Å². The first-order valence-electron chi connectivity index (χ1n) is 8.56. The van der Waals surface area contributed by atoms with Crippen molar-refractivity contribution in [3.8, 4) is 6.07 Å². The van der Waals surface area contributed by atoms with Gasteiger partial charge in [0.15, 0.2) is 0 Å². The van der Waals surface area contributed by atoms with Crippen LogP contribution in [0.1, 0.15) is 18.4 Å². The maximum atomic E-state index is 12.0. The minimum Gasteiger partial charge on any atom is -0.376 e. The van der Waals surface area contributed by atoms with Crippen molar-refractivity contribution in [2.75, 3.05) is 28.6 Å². The van der Waals surface area contributed by atoms with Gasteiger partial charge in [0.1, 0.15) is 0 Å². The Kier molecular flexibility index (Phi) is 5.49. The summed E-state index contributed by atoms with van der Waals surface area (Å²) in [6.45, 7) is 0.906. The van der Waals surface area contributed by atoms with Gasteiger partial charge in [-0.05, 0) is 48.4 Å². The molecule has 6 heteroatoms. The molecular formula is C20H20N4O2. The number of carbonyl (C=O) groups is 2. The highest BCUT2D eigenvalue weighted by molar-refractivity contribution is 5.96. The van der Waals surface area contributed by atoms with E-state index in [-0.39, 0.29) is 18.4 Å². The van der Waals surface area contributed by atoms with Crippen LogP contribution in [0.25, 0.3) is 0 Å². The van der Waals surface area contributed by atoms with Crippen LogP contribution < -0.4 is 15.5 Å². The molecule has 26 heavy (non-hydrogen) atoms. The van der Waals surface area contributed by atoms with Gasteiger partial charge in [-0.25, -0.2) is 0 Å². The number of amides is 2. The summed E-state index contributed by atoms with van der Waals surface area (Å²) in [4.78, 5) is 25.6. The van der Waals surface area contributed by atoms with E-state index in [4.69, 9.17) is 5.26 Å². The molecule has 1 saturated heterocycles. The van der Waals surface area contributed by atoms with Crippen molar-refractivity contribution >= 4 is 28.9 Å². The number of hydrogen-bond acceptors (Lipinski definition) is 4. The predicted molar refractivity (Wildman–Crippen MR) is 101 cm³/mol. The molecule has 0 aliphatic carbocycles. The molecule has 2 N–H and O–H groups in total. The molecule has 2 aromatic carbocycles. The second kappa shape index (κ2) is 8.17. The summed E-state index contributed by atoms with van der Waals surface area (Å²) < 4.78 is 0. The first kappa shape index (κ1) is 17.5. The van der Waals surface area contributed by atoms with Crippen molar-refractivity contribution in [2.45, 2.75) is 19.3 Å². The lowest BCUT2D eigenvalue weighted by Gasteiger charge is -2.16. The maximum Gasteiger partial charge on any atom is 0.243 e. The smallest absolute Gasteiger partial charge is 0.243 e. The van der Waals surface area contributed by atoms with Crippen LogP contribution in [0.2, 0.25) is 0 Å². The molecule has 1 heterocycles. The van der Waals surface area contributed by atoms with Gasteiger partial charge in [0.2, 0.25) is 11.8 Å². The number of rotatable bonds is 6. The molecule has 2 amide bonds. The van der Waals surface area contributed by atoms with Crippen LogP contribution in [0.5, 0.6) is 0 Å². The highest BCUT2D eigenvalue weighted by Gasteiger charge is 2.21. The maximum absolute atomic E-state index is 12.0. The van der Waals surface area contributed by atoms with E-state index in [2.05, 4.69) is 16.7 Å². The van der Waals surface area contributed by atoms with E-state index < -0.39 is 0 Å². The van der Waals surface area contributed by atoms with Gasteiger partial charge in [0, 0.05) is 30.0 Å². The zero-order chi connectivity index (χ0) is 18.4. The second-order valence-corrected chi connectivity index (χ2v) is 6.13. The lowest BCUT2D eigenvalue weighted by atomic mass is 10.1. The summed E-state index contributed by atoms with van der Waals surface area (Å²) in [6.07, 6.45) is 1.86.